The van der Waals surface area contributed by atoms with E-state index in [9.17, 15) is 5.11 Å². The van der Waals surface area contributed by atoms with Gasteiger partial charge in [0.1, 0.15) is 11.5 Å². The van der Waals surface area contributed by atoms with Crippen LogP contribution in [0.1, 0.15) is 83.8 Å². The lowest BCUT2D eigenvalue weighted by atomic mass is 9.72. The Bertz CT molecular complexity index is 829. The predicted octanol–water partition coefficient (Wildman–Crippen LogP) is 6.50. The summed E-state index contributed by atoms with van der Waals surface area (Å²) in [7, 11) is 3.49. The van der Waals surface area contributed by atoms with Crippen LogP contribution < -0.4 is 9.47 Å². The molecule has 1 aromatic rings. The topological polar surface area (TPSA) is 51.2 Å². The highest BCUT2D eigenvalue weighted by Crippen LogP contribution is 2.48. The third kappa shape index (κ3) is 7.84. The van der Waals surface area contributed by atoms with Crippen LogP contribution >= 0.6 is 0 Å². The van der Waals surface area contributed by atoms with Gasteiger partial charge in [-0.1, -0.05) is 52.3 Å². The average molecular weight is 502 g/mol. The molecule has 0 aromatic heterocycles. The van der Waals surface area contributed by atoms with Crippen molar-refractivity contribution < 1.29 is 19.3 Å². The van der Waals surface area contributed by atoms with Crippen LogP contribution in [0.2, 0.25) is 0 Å². The van der Waals surface area contributed by atoms with E-state index in [4.69, 9.17) is 14.2 Å². The Balaban J connectivity index is 0.00000222. The minimum atomic E-state index is 0.0104. The van der Waals surface area contributed by atoms with Gasteiger partial charge in [0.05, 0.1) is 34.0 Å². The Morgan fingerprint density at radius 1 is 1.11 bits per heavy atom. The van der Waals surface area contributed by atoms with E-state index in [0.29, 0.717) is 5.92 Å². The number of hydrogen-bond acceptors (Lipinski definition) is 5. The lowest BCUT2D eigenvalue weighted by molar-refractivity contribution is 0.0370. The van der Waals surface area contributed by atoms with Gasteiger partial charge in [-0.05, 0) is 73.8 Å². The summed E-state index contributed by atoms with van der Waals surface area (Å²) >= 11 is 0. The van der Waals surface area contributed by atoms with E-state index in [1.807, 2.05) is 13.8 Å². The molecule has 2 aliphatic rings. The third-order valence-electron chi connectivity index (χ3n) is 7.75. The van der Waals surface area contributed by atoms with Crippen LogP contribution in [0.15, 0.2) is 35.9 Å². The van der Waals surface area contributed by atoms with E-state index in [0.717, 1.165) is 80.3 Å². The first-order chi connectivity index (χ1) is 17.3. The number of aliphatic hydroxyl groups excluding tert-OH is 1. The molecule has 1 aromatic carbocycles. The van der Waals surface area contributed by atoms with Crippen LogP contribution in [0.3, 0.4) is 0 Å². The van der Waals surface area contributed by atoms with Gasteiger partial charge in [-0.15, -0.1) is 0 Å². The monoisotopic (exact) mass is 501 g/mol. The molecule has 1 N–H and O–H groups in total. The quantitative estimate of drug-likeness (QED) is 0.277. The second-order valence-corrected chi connectivity index (χ2v) is 10.6. The lowest BCUT2D eigenvalue weighted by Gasteiger charge is -2.34. The Morgan fingerprint density at radius 2 is 1.72 bits per heavy atom. The van der Waals surface area contributed by atoms with Crippen molar-refractivity contribution in [3.63, 3.8) is 0 Å². The maximum atomic E-state index is 9.81. The average Bonchev–Trinajstić information content (AvgIpc) is 2.91. The molecule has 1 unspecified atom stereocenters. The molecule has 36 heavy (non-hydrogen) atoms. The fourth-order valence-corrected chi connectivity index (χ4v) is 5.47. The van der Waals surface area contributed by atoms with Crippen LogP contribution in [-0.2, 0) is 10.2 Å². The van der Waals surface area contributed by atoms with Crippen molar-refractivity contribution in [2.45, 2.75) is 78.1 Å². The fourth-order valence-electron chi connectivity index (χ4n) is 5.47. The van der Waals surface area contributed by atoms with E-state index in [1.54, 1.807) is 14.2 Å². The molecule has 0 amide bonds. The Morgan fingerprint density at radius 3 is 2.25 bits per heavy atom. The SMILES string of the molecule is C=C(C)C1CCC(CO)=C[C@@H]1c1c(OC)cc(C(C)(C)CCCCN2CCOCC2)cc1OC.CC. The number of nitrogens with zero attached hydrogens (tertiary/aromatic N) is 1. The highest BCUT2D eigenvalue weighted by molar-refractivity contribution is 5.54. The molecule has 1 aliphatic heterocycles. The first kappa shape index (κ1) is 30.4. The van der Waals surface area contributed by atoms with Crippen LogP contribution in [0.5, 0.6) is 11.5 Å². The van der Waals surface area contributed by atoms with Gasteiger partial charge in [-0.3, -0.25) is 4.90 Å². The molecule has 3 rings (SSSR count). The van der Waals surface area contributed by atoms with Gasteiger partial charge in [0.25, 0.3) is 0 Å². The molecule has 0 radical (unpaired) electrons. The molecule has 1 fully saturated rings. The Kier molecular flexibility index (Phi) is 12.5. The van der Waals surface area contributed by atoms with Gasteiger partial charge in [0.15, 0.2) is 0 Å². The van der Waals surface area contributed by atoms with E-state index < -0.39 is 0 Å². The van der Waals surface area contributed by atoms with E-state index in [1.165, 1.54) is 18.4 Å². The third-order valence-corrected chi connectivity index (χ3v) is 7.75. The summed E-state index contributed by atoms with van der Waals surface area (Å²) in [5.74, 6) is 2.12. The highest BCUT2D eigenvalue weighted by atomic mass is 16.5. The van der Waals surface area contributed by atoms with Crippen LogP contribution in [-0.4, -0.2) is 63.7 Å². The number of hydrogen-bond donors (Lipinski definition) is 1. The van der Waals surface area contributed by atoms with E-state index >= 15 is 0 Å². The molecule has 1 heterocycles. The number of methoxy groups -OCH3 is 2. The molecule has 0 bridgehead atoms. The molecule has 5 nitrogen and oxygen atoms in total. The summed E-state index contributed by atoms with van der Waals surface area (Å²) in [6.45, 7) is 20.1. The van der Waals surface area contributed by atoms with Crippen LogP contribution in [0.4, 0.5) is 0 Å². The summed E-state index contributed by atoms with van der Waals surface area (Å²) in [5.41, 5.74) is 4.56. The molecule has 1 aliphatic carbocycles. The summed E-state index contributed by atoms with van der Waals surface area (Å²) in [6.07, 6.45) is 7.58. The number of aliphatic hydroxyl groups is 1. The smallest absolute Gasteiger partial charge is 0.126 e. The highest BCUT2D eigenvalue weighted by Gasteiger charge is 2.33. The van der Waals surface area contributed by atoms with Gasteiger partial charge in [0.2, 0.25) is 0 Å². The molecule has 1 saturated heterocycles. The molecule has 0 spiro atoms. The van der Waals surface area contributed by atoms with Gasteiger partial charge in [-0.25, -0.2) is 0 Å². The standard InChI is InChI=1S/C29H45NO4.C2H6/c1-21(2)24-10-9-22(20-31)17-25(24)28-26(32-5)18-23(19-27(28)33-6)29(3,4)11-7-8-12-30-13-15-34-16-14-30;1-2/h17-19,24-25,31H,1,7-16,20H2,2-6H3;1-2H3/t24?,25-;/m0./s1. The zero-order valence-corrected chi connectivity index (χ0v) is 24.0. The Labute approximate surface area is 220 Å². The molecule has 0 saturated carbocycles. The van der Waals surface area contributed by atoms with Crippen molar-refractivity contribution in [3.05, 3.63) is 47.1 Å². The molecule has 204 valence electrons. The zero-order valence-electron chi connectivity index (χ0n) is 24.0. The van der Waals surface area contributed by atoms with E-state index in [2.05, 4.69) is 50.5 Å². The number of rotatable bonds is 11. The van der Waals surface area contributed by atoms with Crippen molar-refractivity contribution in [3.8, 4) is 11.5 Å². The van der Waals surface area contributed by atoms with Crippen molar-refractivity contribution in [2.24, 2.45) is 5.92 Å². The summed E-state index contributed by atoms with van der Waals surface area (Å²) in [6, 6.07) is 4.41. The normalized spacial score (nSPS) is 20.7. The maximum absolute atomic E-state index is 9.81. The molecule has 2 atom stereocenters. The largest absolute Gasteiger partial charge is 0.496 e. The first-order valence-corrected chi connectivity index (χ1v) is 13.8. The second-order valence-electron chi connectivity index (χ2n) is 10.6. The minimum Gasteiger partial charge on any atom is -0.496 e. The molecular weight excluding hydrogens is 450 g/mol. The maximum Gasteiger partial charge on any atom is 0.126 e. The number of unbranched alkanes of at least 4 members (excludes halogenated alkanes) is 1. The minimum absolute atomic E-state index is 0.0104. The van der Waals surface area contributed by atoms with Crippen molar-refractivity contribution in [1.29, 1.82) is 0 Å². The number of allylic oxidation sites excluding steroid dienone is 2. The van der Waals surface area contributed by atoms with Crippen LogP contribution in [0, 0.1) is 5.92 Å². The van der Waals surface area contributed by atoms with E-state index in [-0.39, 0.29) is 17.9 Å². The fraction of sp³-hybridized carbons (Fsp3) is 0.677. The van der Waals surface area contributed by atoms with Gasteiger partial charge in [-0.2, -0.15) is 0 Å². The number of morpholine rings is 1. The van der Waals surface area contributed by atoms with Gasteiger partial charge in [0, 0.05) is 24.6 Å². The first-order valence-electron chi connectivity index (χ1n) is 13.8. The summed E-state index contributed by atoms with van der Waals surface area (Å²) in [4.78, 5) is 2.51. The van der Waals surface area contributed by atoms with Gasteiger partial charge < -0.3 is 19.3 Å². The predicted molar refractivity (Wildman–Crippen MR) is 150 cm³/mol. The summed E-state index contributed by atoms with van der Waals surface area (Å²) in [5, 5.41) is 9.81. The molecular formula is C31H51NO4. The molecule has 5 heteroatoms. The van der Waals surface area contributed by atoms with Crippen molar-refractivity contribution in [2.75, 3.05) is 53.7 Å². The Hall–Kier alpha value is -1.82. The summed E-state index contributed by atoms with van der Waals surface area (Å²) < 4.78 is 17.4. The van der Waals surface area contributed by atoms with Crippen LogP contribution in [0.25, 0.3) is 0 Å². The number of benzene rings is 1. The second kappa shape index (κ2) is 14.8. The number of ether oxygens (including phenoxy) is 3. The lowest BCUT2D eigenvalue weighted by Crippen LogP contribution is -2.36. The van der Waals surface area contributed by atoms with Gasteiger partial charge >= 0.3 is 0 Å². The van der Waals surface area contributed by atoms with Crippen molar-refractivity contribution in [1.82, 2.24) is 4.90 Å². The zero-order chi connectivity index (χ0) is 26.7. The van der Waals surface area contributed by atoms with Crippen molar-refractivity contribution >= 4 is 0 Å².